The second kappa shape index (κ2) is 6.64. The first-order valence-electron chi connectivity index (χ1n) is 5.91. The summed E-state index contributed by atoms with van der Waals surface area (Å²) in [7, 11) is 0. The molecule has 14 heavy (non-hydrogen) atoms. The van der Waals surface area contributed by atoms with Crippen LogP contribution in [0.3, 0.4) is 0 Å². The molecule has 0 saturated heterocycles. The Morgan fingerprint density at radius 1 is 1.14 bits per heavy atom. The Balaban J connectivity index is 2.40. The van der Waals surface area contributed by atoms with Gasteiger partial charge in [-0.25, -0.2) is 0 Å². The van der Waals surface area contributed by atoms with E-state index in [1.165, 1.54) is 44.9 Å². The molecule has 0 bridgehead atoms. The summed E-state index contributed by atoms with van der Waals surface area (Å²) in [5, 5.41) is 0. The summed E-state index contributed by atoms with van der Waals surface area (Å²) in [6.45, 7) is 4.54. The summed E-state index contributed by atoms with van der Waals surface area (Å²) in [4.78, 5) is 0. The van der Waals surface area contributed by atoms with Crippen molar-refractivity contribution in [2.45, 2.75) is 58.8 Å². The molecular formula is C13H21Ti. The third-order valence-corrected chi connectivity index (χ3v) is 3.60. The van der Waals surface area contributed by atoms with Gasteiger partial charge in [-0.2, -0.15) is 0 Å². The van der Waals surface area contributed by atoms with Gasteiger partial charge in [-0.1, -0.05) is 0 Å². The van der Waals surface area contributed by atoms with Crippen LogP contribution in [0.5, 0.6) is 0 Å². The van der Waals surface area contributed by atoms with Crippen molar-refractivity contribution >= 4 is 0 Å². The first-order chi connectivity index (χ1) is 6.77. The molecule has 1 aliphatic rings. The normalized spacial score (nSPS) is 16.2. The van der Waals surface area contributed by atoms with E-state index in [2.05, 4.69) is 40.4 Å². The molecule has 0 N–H and O–H groups in total. The quantitative estimate of drug-likeness (QED) is 0.584. The standard InChI is InChI=1S/C13H21.Ti/c1-3-5-7-12-9-10-13(11-12)8-6-4-2;/h11H,3-9H2,1-2H3;. The number of rotatable bonds is 6. The van der Waals surface area contributed by atoms with E-state index < -0.39 is 0 Å². The summed E-state index contributed by atoms with van der Waals surface area (Å²) < 4.78 is 1.63. The van der Waals surface area contributed by atoms with Gasteiger partial charge in [-0.05, 0) is 0 Å². The van der Waals surface area contributed by atoms with Crippen LogP contribution in [0.4, 0.5) is 0 Å². The third kappa shape index (κ3) is 3.75. The number of unbranched alkanes of at least 4 members (excludes halogenated alkanes) is 2. The van der Waals surface area contributed by atoms with Crippen LogP contribution < -0.4 is 0 Å². The minimum absolute atomic E-state index is 1.26. The van der Waals surface area contributed by atoms with E-state index in [0.29, 0.717) is 0 Å². The number of hydrogen-bond donors (Lipinski definition) is 0. The average molecular weight is 225 g/mol. The fourth-order valence-electron chi connectivity index (χ4n) is 1.88. The van der Waals surface area contributed by atoms with Crippen molar-refractivity contribution in [1.82, 2.24) is 0 Å². The first-order valence-corrected chi connectivity index (χ1v) is 6.69. The fourth-order valence-corrected chi connectivity index (χ4v) is 2.54. The first kappa shape index (κ1) is 12.3. The zero-order valence-corrected chi connectivity index (χ0v) is 11.1. The van der Waals surface area contributed by atoms with Crippen molar-refractivity contribution in [3.8, 4) is 0 Å². The Morgan fingerprint density at radius 3 is 2.43 bits per heavy atom. The van der Waals surface area contributed by atoms with Crippen LogP contribution in [0.1, 0.15) is 58.8 Å². The summed E-state index contributed by atoms with van der Waals surface area (Å²) in [5.74, 6) is 0. The van der Waals surface area contributed by atoms with Crippen LogP contribution in [0, 0.1) is 0 Å². The molecular weight excluding hydrogens is 204 g/mol. The zero-order chi connectivity index (χ0) is 10.4. The van der Waals surface area contributed by atoms with Crippen LogP contribution in [-0.2, 0) is 20.4 Å². The van der Waals surface area contributed by atoms with Gasteiger partial charge in [0.2, 0.25) is 0 Å². The van der Waals surface area contributed by atoms with Gasteiger partial charge in [-0.15, -0.1) is 0 Å². The predicted octanol–water partition coefficient (Wildman–Crippen LogP) is 4.50. The van der Waals surface area contributed by atoms with Gasteiger partial charge in [-0.3, -0.25) is 0 Å². The van der Waals surface area contributed by atoms with Gasteiger partial charge >= 0.3 is 100 Å². The molecule has 0 amide bonds. The van der Waals surface area contributed by atoms with Gasteiger partial charge < -0.3 is 0 Å². The maximum absolute atomic E-state index is 2.47. The van der Waals surface area contributed by atoms with E-state index in [4.69, 9.17) is 0 Å². The second-order valence-corrected chi connectivity index (χ2v) is 5.13. The van der Waals surface area contributed by atoms with Crippen molar-refractivity contribution in [1.29, 1.82) is 0 Å². The van der Waals surface area contributed by atoms with E-state index in [1.807, 2.05) is 0 Å². The summed E-state index contributed by atoms with van der Waals surface area (Å²) in [6.07, 6.45) is 11.7. The van der Waals surface area contributed by atoms with Crippen LogP contribution in [-0.4, -0.2) is 0 Å². The van der Waals surface area contributed by atoms with Crippen LogP contribution in [0.2, 0.25) is 0 Å². The molecule has 0 nitrogen and oxygen atoms in total. The van der Waals surface area contributed by atoms with Gasteiger partial charge in [0.1, 0.15) is 0 Å². The van der Waals surface area contributed by atoms with Crippen molar-refractivity contribution in [3.63, 3.8) is 0 Å². The van der Waals surface area contributed by atoms with E-state index in [9.17, 15) is 0 Å². The number of hydrogen-bond acceptors (Lipinski definition) is 0. The Morgan fingerprint density at radius 2 is 1.79 bits per heavy atom. The van der Waals surface area contributed by atoms with Crippen molar-refractivity contribution in [2.75, 3.05) is 0 Å². The Hall–Kier alpha value is 0.194. The Bertz CT molecular complexity index is 236. The molecule has 77 valence electrons. The van der Waals surface area contributed by atoms with Crippen LogP contribution >= 0.6 is 0 Å². The molecule has 0 atom stereocenters. The molecule has 0 heterocycles. The van der Waals surface area contributed by atoms with Crippen LogP contribution in [0.15, 0.2) is 21.1 Å². The molecule has 1 heteroatoms. The van der Waals surface area contributed by atoms with E-state index >= 15 is 0 Å². The van der Waals surface area contributed by atoms with Crippen molar-refractivity contribution in [2.24, 2.45) is 0 Å². The molecule has 0 unspecified atom stereocenters. The van der Waals surface area contributed by atoms with Gasteiger partial charge in [0.25, 0.3) is 0 Å². The molecule has 0 saturated carbocycles. The van der Waals surface area contributed by atoms with Crippen LogP contribution in [0.25, 0.3) is 0 Å². The molecule has 0 aliphatic heterocycles. The van der Waals surface area contributed by atoms with Gasteiger partial charge in [0.05, 0.1) is 0 Å². The Labute approximate surface area is 100 Å². The van der Waals surface area contributed by atoms with Crippen molar-refractivity contribution in [3.05, 3.63) is 21.1 Å². The van der Waals surface area contributed by atoms with E-state index in [1.54, 1.807) is 15.0 Å². The zero-order valence-electron chi connectivity index (χ0n) is 9.53. The summed E-state index contributed by atoms with van der Waals surface area (Å²) >= 11 is 2.31. The Kier molecular flexibility index (Phi) is 5.81. The monoisotopic (exact) mass is 225 g/mol. The molecule has 0 radical (unpaired) electrons. The third-order valence-electron chi connectivity index (χ3n) is 2.82. The average Bonchev–Trinajstić information content (AvgIpc) is 2.53. The molecule has 1 aliphatic carbocycles. The topological polar surface area (TPSA) is 0 Å². The molecule has 0 aromatic heterocycles. The van der Waals surface area contributed by atoms with Gasteiger partial charge in [0.15, 0.2) is 0 Å². The van der Waals surface area contributed by atoms with Crippen molar-refractivity contribution < 1.29 is 20.4 Å². The van der Waals surface area contributed by atoms with E-state index in [-0.39, 0.29) is 0 Å². The number of allylic oxidation sites excluding steroid dienone is 4. The fraction of sp³-hybridized carbons (Fsp3) is 0.692. The summed E-state index contributed by atoms with van der Waals surface area (Å²) in [5.41, 5.74) is 3.31. The summed E-state index contributed by atoms with van der Waals surface area (Å²) in [6, 6.07) is 0. The molecule has 0 aromatic rings. The minimum atomic E-state index is 1.26. The van der Waals surface area contributed by atoms with Gasteiger partial charge in [0, 0.05) is 0 Å². The van der Waals surface area contributed by atoms with E-state index in [0.717, 1.165) is 0 Å². The SMILES string of the molecule is CCCCC1=CC(CCCC)=[C]([Ti])C1. The molecule has 0 spiro atoms. The second-order valence-electron chi connectivity index (χ2n) is 4.19. The maximum atomic E-state index is 2.47. The molecule has 0 fully saturated rings. The molecule has 1 rings (SSSR count). The molecule has 0 aromatic carbocycles. The predicted molar refractivity (Wildman–Crippen MR) is 58.8 cm³/mol.